The molecule has 0 unspecified atom stereocenters. The first-order chi connectivity index (χ1) is 5.84. The molecule has 0 aliphatic rings. The molecule has 0 fully saturated rings. The van der Waals surface area contributed by atoms with Crippen LogP contribution in [0.4, 0.5) is 18.9 Å². The molecule has 0 aromatic heterocycles. The van der Waals surface area contributed by atoms with E-state index in [9.17, 15) is 13.2 Å². The van der Waals surface area contributed by atoms with Gasteiger partial charge in [0.2, 0.25) is 0 Å². The van der Waals surface area contributed by atoms with Gasteiger partial charge in [-0.2, -0.15) is 13.2 Å². The fraction of sp³-hybridized carbons (Fsp3) is 0.143. The maximum atomic E-state index is 12.2. The Bertz CT molecular complexity index is 335. The van der Waals surface area contributed by atoms with Gasteiger partial charge in [-0.15, -0.1) is 0 Å². The summed E-state index contributed by atoms with van der Waals surface area (Å²) >= 11 is 10.8. The lowest BCUT2D eigenvalue weighted by atomic mass is 10.2. The first kappa shape index (κ1) is 10.5. The standard InChI is InChI=1S/C7H4Cl2F3N/c8-5-3(7(10,11)12)1-2-4(13)6(5)9/h1-2H,13H2. The topological polar surface area (TPSA) is 26.0 Å². The maximum Gasteiger partial charge on any atom is 0.417 e. The Kier molecular flexibility index (Phi) is 2.63. The molecule has 0 atom stereocenters. The van der Waals surface area contributed by atoms with Gasteiger partial charge in [-0.25, -0.2) is 0 Å². The van der Waals surface area contributed by atoms with Crippen molar-refractivity contribution in [3.05, 3.63) is 27.7 Å². The van der Waals surface area contributed by atoms with Gasteiger partial charge in [0.05, 0.1) is 21.3 Å². The van der Waals surface area contributed by atoms with Crippen molar-refractivity contribution >= 4 is 28.9 Å². The van der Waals surface area contributed by atoms with Crippen molar-refractivity contribution in [3.63, 3.8) is 0 Å². The highest BCUT2D eigenvalue weighted by Gasteiger charge is 2.34. The molecule has 0 radical (unpaired) electrons. The molecule has 6 heteroatoms. The van der Waals surface area contributed by atoms with Crippen LogP contribution in [-0.4, -0.2) is 0 Å². The van der Waals surface area contributed by atoms with E-state index in [0.717, 1.165) is 12.1 Å². The van der Waals surface area contributed by atoms with E-state index in [-0.39, 0.29) is 10.7 Å². The number of nitrogens with two attached hydrogens (primary N) is 1. The lowest BCUT2D eigenvalue weighted by molar-refractivity contribution is -0.137. The van der Waals surface area contributed by atoms with E-state index < -0.39 is 16.8 Å². The van der Waals surface area contributed by atoms with E-state index in [1.165, 1.54) is 0 Å². The Morgan fingerprint density at radius 3 is 2.08 bits per heavy atom. The molecule has 0 amide bonds. The van der Waals surface area contributed by atoms with Crippen molar-refractivity contribution in [1.82, 2.24) is 0 Å². The molecule has 0 aliphatic carbocycles. The van der Waals surface area contributed by atoms with Gasteiger partial charge in [0, 0.05) is 0 Å². The van der Waals surface area contributed by atoms with Crippen LogP contribution in [0, 0.1) is 0 Å². The number of hydrogen-bond donors (Lipinski definition) is 1. The molecule has 0 saturated carbocycles. The van der Waals surface area contributed by atoms with E-state index in [4.69, 9.17) is 28.9 Å². The van der Waals surface area contributed by atoms with Crippen LogP contribution in [0.25, 0.3) is 0 Å². The molecule has 0 heterocycles. The van der Waals surface area contributed by atoms with Gasteiger partial charge in [-0.1, -0.05) is 23.2 Å². The summed E-state index contributed by atoms with van der Waals surface area (Å²) in [6.45, 7) is 0. The summed E-state index contributed by atoms with van der Waals surface area (Å²) in [6.07, 6.45) is -4.51. The van der Waals surface area contributed by atoms with Gasteiger partial charge < -0.3 is 5.73 Å². The minimum atomic E-state index is -4.51. The number of rotatable bonds is 0. The summed E-state index contributed by atoms with van der Waals surface area (Å²) in [7, 11) is 0. The largest absolute Gasteiger partial charge is 0.417 e. The summed E-state index contributed by atoms with van der Waals surface area (Å²) in [4.78, 5) is 0. The van der Waals surface area contributed by atoms with Crippen LogP contribution in [0.2, 0.25) is 10.0 Å². The van der Waals surface area contributed by atoms with Crippen molar-refractivity contribution < 1.29 is 13.2 Å². The maximum absolute atomic E-state index is 12.2. The summed E-state index contributed by atoms with van der Waals surface area (Å²) in [5.41, 5.74) is 4.30. The molecular formula is C7H4Cl2F3N. The van der Waals surface area contributed by atoms with Crippen molar-refractivity contribution in [2.45, 2.75) is 6.18 Å². The highest BCUT2D eigenvalue weighted by Crippen LogP contribution is 2.40. The first-order valence-electron chi connectivity index (χ1n) is 3.14. The molecule has 2 N–H and O–H groups in total. The SMILES string of the molecule is Nc1ccc(C(F)(F)F)c(Cl)c1Cl. The number of halogens is 5. The Hall–Kier alpha value is -0.610. The van der Waals surface area contributed by atoms with Crippen LogP contribution in [0.15, 0.2) is 12.1 Å². The fourth-order valence-corrected chi connectivity index (χ4v) is 1.23. The van der Waals surface area contributed by atoms with Crippen LogP contribution in [0.3, 0.4) is 0 Å². The molecule has 0 saturated heterocycles. The zero-order valence-electron chi connectivity index (χ0n) is 6.12. The average molecular weight is 230 g/mol. The third kappa shape index (κ3) is 2.00. The molecular weight excluding hydrogens is 226 g/mol. The van der Waals surface area contributed by atoms with Gasteiger partial charge in [0.1, 0.15) is 0 Å². The van der Waals surface area contributed by atoms with E-state index in [1.54, 1.807) is 0 Å². The van der Waals surface area contributed by atoms with Crippen molar-refractivity contribution in [2.24, 2.45) is 0 Å². The highest BCUT2D eigenvalue weighted by atomic mass is 35.5. The second-order valence-electron chi connectivity index (χ2n) is 2.33. The number of nitrogen functional groups attached to an aromatic ring is 1. The number of hydrogen-bond acceptors (Lipinski definition) is 1. The molecule has 1 rings (SSSR count). The van der Waals surface area contributed by atoms with Gasteiger partial charge in [-0.05, 0) is 12.1 Å². The molecule has 1 nitrogen and oxygen atoms in total. The second kappa shape index (κ2) is 3.27. The Balaban J connectivity index is 3.35. The molecule has 0 bridgehead atoms. The van der Waals surface area contributed by atoms with Gasteiger partial charge >= 0.3 is 6.18 Å². The van der Waals surface area contributed by atoms with Gasteiger partial charge in [-0.3, -0.25) is 0 Å². The molecule has 1 aromatic rings. The predicted molar refractivity (Wildman–Crippen MR) is 45.9 cm³/mol. The van der Waals surface area contributed by atoms with Crippen LogP contribution in [0.5, 0.6) is 0 Å². The molecule has 1 aromatic carbocycles. The fourth-order valence-electron chi connectivity index (χ4n) is 0.783. The van der Waals surface area contributed by atoms with Gasteiger partial charge in [0.25, 0.3) is 0 Å². The number of alkyl halides is 3. The number of benzene rings is 1. The van der Waals surface area contributed by atoms with E-state index in [0.29, 0.717) is 0 Å². The quantitative estimate of drug-likeness (QED) is 0.677. The van der Waals surface area contributed by atoms with E-state index in [1.807, 2.05) is 0 Å². The van der Waals surface area contributed by atoms with E-state index >= 15 is 0 Å². The van der Waals surface area contributed by atoms with Crippen LogP contribution >= 0.6 is 23.2 Å². The van der Waals surface area contributed by atoms with Crippen molar-refractivity contribution in [3.8, 4) is 0 Å². The predicted octanol–water partition coefficient (Wildman–Crippen LogP) is 3.59. The first-order valence-corrected chi connectivity index (χ1v) is 3.90. The molecule has 72 valence electrons. The lowest BCUT2D eigenvalue weighted by Gasteiger charge is -2.10. The lowest BCUT2D eigenvalue weighted by Crippen LogP contribution is -2.06. The molecule has 0 aliphatic heterocycles. The summed E-state index contributed by atoms with van der Waals surface area (Å²) in [5, 5.41) is -0.828. The number of anilines is 1. The highest BCUT2D eigenvalue weighted by molar-refractivity contribution is 6.44. The third-order valence-electron chi connectivity index (χ3n) is 1.42. The van der Waals surface area contributed by atoms with Crippen LogP contribution in [-0.2, 0) is 6.18 Å². The molecule has 0 spiro atoms. The van der Waals surface area contributed by atoms with Gasteiger partial charge in [0.15, 0.2) is 0 Å². The monoisotopic (exact) mass is 229 g/mol. The zero-order valence-corrected chi connectivity index (χ0v) is 7.63. The Labute approximate surface area is 82.2 Å². The summed E-state index contributed by atoms with van der Waals surface area (Å²) in [6, 6.07) is 1.86. The van der Waals surface area contributed by atoms with Crippen molar-refractivity contribution in [1.29, 1.82) is 0 Å². The Morgan fingerprint density at radius 2 is 1.62 bits per heavy atom. The van der Waals surface area contributed by atoms with Crippen molar-refractivity contribution in [2.75, 3.05) is 5.73 Å². The molecule has 13 heavy (non-hydrogen) atoms. The van der Waals surface area contributed by atoms with E-state index in [2.05, 4.69) is 0 Å². The van der Waals surface area contributed by atoms with Crippen LogP contribution < -0.4 is 5.73 Å². The minimum absolute atomic E-state index is 0.0275. The smallest absolute Gasteiger partial charge is 0.397 e. The average Bonchev–Trinajstić information content (AvgIpc) is 1.98. The van der Waals surface area contributed by atoms with Crippen LogP contribution in [0.1, 0.15) is 5.56 Å². The minimum Gasteiger partial charge on any atom is -0.397 e. The normalized spacial score (nSPS) is 11.8. The third-order valence-corrected chi connectivity index (χ3v) is 2.31. The second-order valence-corrected chi connectivity index (χ2v) is 3.08. The summed E-state index contributed by atoms with van der Waals surface area (Å²) < 4.78 is 36.5. The summed E-state index contributed by atoms with van der Waals surface area (Å²) in [5.74, 6) is 0. The Morgan fingerprint density at radius 1 is 1.08 bits per heavy atom. The zero-order chi connectivity index (χ0) is 10.2.